The highest BCUT2D eigenvalue weighted by molar-refractivity contribution is 5.43. The van der Waals surface area contributed by atoms with Crippen molar-refractivity contribution < 1.29 is 10.0 Å². The Bertz CT molecular complexity index is 894. The SMILES string of the molecule is CC[NH+](CC)CCc1c(O)n(-c2ccccc2)n(-c2ccccc2)c1=O. The van der Waals surface area contributed by atoms with Crippen LogP contribution in [0.3, 0.4) is 0 Å². The number of hydrogen-bond acceptors (Lipinski definition) is 2. The third-order valence-corrected chi connectivity index (χ3v) is 4.85. The molecular weight excluding hydrogens is 326 g/mol. The zero-order chi connectivity index (χ0) is 18.5. The average Bonchev–Trinajstić information content (AvgIpc) is 2.94. The zero-order valence-electron chi connectivity index (χ0n) is 15.4. The Morgan fingerprint density at radius 1 is 0.846 bits per heavy atom. The molecule has 2 N–H and O–H groups in total. The molecule has 1 aromatic heterocycles. The molecular formula is C21H26N3O2+. The summed E-state index contributed by atoms with van der Waals surface area (Å²) in [5, 5.41) is 10.9. The molecule has 0 spiro atoms. The van der Waals surface area contributed by atoms with Crippen molar-refractivity contribution in [3.8, 4) is 17.3 Å². The smallest absolute Gasteiger partial charge is 0.279 e. The standard InChI is InChI=1S/C21H25N3O2/c1-3-22(4-2)16-15-19-20(25)23(17-11-7-5-8-12-17)24(21(19)26)18-13-9-6-10-14-18/h5-14,25H,3-4,15-16H2,1-2H3/p+1. The van der Waals surface area contributed by atoms with Crippen LogP contribution in [-0.2, 0) is 6.42 Å². The first-order chi connectivity index (χ1) is 12.7. The number of nitrogens with one attached hydrogen (secondary N) is 1. The number of benzene rings is 2. The molecule has 0 amide bonds. The number of nitrogens with zero attached hydrogens (tertiary/aromatic N) is 2. The highest BCUT2D eigenvalue weighted by Crippen LogP contribution is 2.23. The quantitative estimate of drug-likeness (QED) is 0.681. The van der Waals surface area contributed by atoms with E-state index in [1.165, 1.54) is 4.90 Å². The van der Waals surface area contributed by atoms with Crippen LogP contribution in [0.5, 0.6) is 5.88 Å². The molecule has 5 heteroatoms. The molecule has 0 aliphatic rings. The minimum atomic E-state index is -0.163. The van der Waals surface area contributed by atoms with E-state index in [-0.39, 0.29) is 11.4 Å². The molecule has 0 radical (unpaired) electrons. The number of aromatic nitrogens is 2. The topological polar surface area (TPSA) is 51.6 Å². The van der Waals surface area contributed by atoms with Gasteiger partial charge in [-0.05, 0) is 38.1 Å². The van der Waals surface area contributed by atoms with Gasteiger partial charge in [-0.15, -0.1) is 0 Å². The van der Waals surface area contributed by atoms with Crippen molar-refractivity contribution in [2.45, 2.75) is 20.3 Å². The van der Waals surface area contributed by atoms with Gasteiger partial charge < -0.3 is 10.0 Å². The molecule has 0 aliphatic heterocycles. The van der Waals surface area contributed by atoms with E-state index in [1.54, 1.807) is 9.36 Å². The second kappa shape index (κ2) is 8.06. The summed E-state index contributed by atoms with van der Waals surface area (Å²) < 4.78 is 3.15. The number of para-hydroxylation sites is 2. The molecule has 0 aliphatic carbocycles. The summed E-state index contributed by atoms with van der Waals surface area (Å²) in [6.45, 7) is 7.10. The van der Waals surface area contributed by atoms with E-state index in [9.17, 15) is 9.90 Å². The first kappa shape index (κ1) is 18.0. The van der Waals surface area contributed by atoms with Crippen LogP contribution in [0.1, 0.15) is 19.4 Å². The van der Waals surface area contributed by atoms with Gasteiger partial charge >= 0.3 is 0 Å². The van der Waals surface area contributed by atoms with Gasteiger partial charge in [-0.25, -0.2) is 9.36 Å². The summed E-state index contributed by atoms with van der Waals surface area (Å²) >= 11 is 0. The molecule has 0 atom stereocenters. The van der Waals surface area contributed by atoms with Gasteiger partial charge in [0.15, 0.2) is 0 Å². The number of rotatable bonds is 7. The second-order valence-corrected chi connectivity index (χ2v) is 6.36. The molecule has 0 unspecified atom stereocenters. The maximum atomic E-state index is 13.1. The van der Waals surface area contributed by atoms with Crippen LogP contribution in [0.15, 0.2) is 65.5 Å². The Labute approximate surface area is 153 Å². The molecule has 26 heavy (non-hydrogen) atoms. The second-order valence-electron chi connectivity index (χ2n) is 6.36. The van der Waals surface area contributed by atoms with Gasteiger partial charge in [0, 0.05) is 6.42 Å². The minimum absolute atomic E-state index is 0.0246. The molecule has 0 bridgehead atoms. The lowest BCUT2D eigenvalue weighted by Crippen LogP contribution is -3.11. The maximum Gasteiger partial charge on any atom is 0.279 e. The van der Waals surface area contributed by atoms with Crippen LogP contribution in [0.2, 0.25) is 0 Å². The summed E-state index contributed by atoms with van der Waals surface area (Å²) in [5.74, 6) is 0.0246. The van der Waals surface area contributed by atoms with E-state index >= 15 is 0 Å². The number of aromatic hydroxyl groups is 1. The molecule has 136 valence electrons. The lowest BCUT2D eigenvalue weighted by molar-refractivity contribution is -0.896. The summed E-state index contributed by atoms with van der Waals surface area (Å²) in [5.41, 5.74) is 1.80. The molecule has 1 heterocycles. The van der Waals surface area contributed by atoms with Crippen LogP contribution >= 0.6 is 0 Å². The monoisotopic (exact) mass is 352 g/mol. The Balaban J connectivity index is 2.13. The highest BCUT2D eigenvalue weighted by Gasteiger charge is 2.22. The normalized spacial score (nSPS) is 11.2. The van der Waals surface area contributed by atoms with Gasteiger partial charge in [0.1, 0.15) is 0 Å². The first-order valence-electron chi connectivity index (χ1n) is 9.17. The van der Waals surface area contributed by atoms with Crippen molar-refractivity contribution in [1.29, 1.82) is 0 Å². The van der Waals surface area contributed by atoms with E-state index in [2.05, 4.69) is 13.8 Å². The van der Waals surface area contributed by atoms with Crippen LogP contribution < -0.4 is 10.5 Å². The number of quaternary nitrogens is 1. The number of hydrogen-bond donors (Lipinski definition) is 2. The maximum absolute atomic E-state index is 13.1. The van der Waals surface area contributed by atoms with Crippen LogP contribution in [-0.4, -0.2) is 34.1 Å². The van der Waals surface area contributed by atoms with Gasteiger partial charge in [-0.2, -0.15) is 0 Å². The average molecular weight is 352 g/mol. The van der Waals surface area contributed by atoms with Gasteiger partial charge in [0.25, 0.3) is 5.56 Å². The zero-order valence-corrected chi connectivity index (χ0v) is 15.4. The van der Waals surface area contributed by atoms with Crippen molar-refractivity contribution in [3.05, 3.63) is 76.6 Å². The lowest BCUT2D eigenvalue weighted by atomic mass is 10.2. The third kappa shape index (κ3) is 3.44. The fourth-order valence-corrected chi connectivity index (χ4v) is 3.27. The van der Waals surface area contributed by atoms with Crippen LogP contribution in [0.25, 0.3) is 11.4 Å². The molecule has 0 fully saturated rings. The van der Waals surface area contributed by atoms with Gasteiger partial charge in [0.2, 0.25) is 5.88 Å². The van der Waals surface area contributed by atoms with Crippen molar-refractivity contribution in [3.63, 3.8) is 0 Å². The molecule has 5 nitrogen and oxygen atoms in total. The molecule has 0 saturated heterocycles. The van der Waals surface area contributed by atoms with Crippen molar-refractivity contribution in [1.82, 2.24) is 9.36 Å². The molecule has 0 saturated carbocycles. The number of likely N-dealkylation sites (N-methyl/N-ethyl adjacent to an activating group) is 1. The lowest BCUT2D eigenvalue weighted by Gasteiger charge is -2.14. The molecule has 3 aromatic rings. The van der Waals surface area contributed by atoms with Gasteiger partial charge in [-0.1, -0.05) is 36.4 Å². The third-order valence-electron chi connectivity index (χ3n) is 4.85. The van der Waals surface area contributed by atoms with E-state index < -0.39 is 0 Å². The van der Waals surface area contributed by atoms with Crippen LogP contribution in [0, 0.1) is 0 Å². The molecule has 2 aromatic carbocycles. The Morgan fingerprint density at radius 3 is 1.85 bits per heavy atom. The summed E-state index contributed by atoms with van der Waals surface area (Å²) in [6, 6.07) is 18.9. The summed E-state index contributed by atoms with van der Waals surface area (Å²) in [4.78, 5) is 14.6. The van der Waals surface area contributed by atoms with Crippen molar-refractivity contribution in [2.24, 2.45) is 0 Å². The van der Waals surface area contributed by atoms with E-state index in [0.717, 1.165) is 31.0 Å². The van der Waals surface area contributed by atoms with E-state index in [1.807, 2.05) is 60.7 Å². The Kier molecular flexibility index (Phi) is 5.58. The van der Waals surface area contributed by atoms with Gasteiger partial charge in [0.05, 0.1) is 36.6 Å². The first-order valence-corrected chi connectivity index (χ1v) is 9.17. The van der Waals surface area contributed by atoms with Crippen molar-refractivity contribution in [2.75, 3.05) is 19.6 Å². The summed E-state index contributed by atoms with van der Waals surface area (Å²) in [6.07, 6.45) is 0.550. The Hall–Kier alpha value is -2.79. The predicted molar refractivity (Wildman–Crippen MR) is 104 cm³/mol. The summed E-state index contributed by atoms with van der Waals surface area (Å²) in [7, 11) is 0. The van der Waals surface area contributed by atoms with E-state index in [0.29, 0.717) is 12.0 Å². The van der Waals surface area contributed by atoms with E-state index in [4.69, 9.17) is 0 Å². The fourth-order valence-electron chi connectivity index (χ4n) is 3.27. The van der Waals surface area contributed by atoms with Crippen LogP contribution in [0.4, 0.5) is 0 Å². The largest absolute Gasteiger partial charge is 0.493 e. The minimum Gasteiger partial charge on any atom is -0.493 e. The highest BCUT2D eigenvalue weighted by atomic mass is 16.3. The van der Waals surface area contributed by atoms with Gasteiger partial charge in [-0.3, -0.25) is 4.79 Å². The van der Waals surface area contributed by atoms with Crippen molar-refractivity contribution >= 4 is 0 Å². The predicted octanol–water partition coefficient (Wildman–Crippen LogP) is 1.80. The Morgan fingerprint density at radius 2 is 1.35 bits per heavy atom. The fraction of sp³-hybridized carbons (Fsp3) is 0.286. The molecule has 3 rings (SSSR count).